The van der Waals surface area contributed by atoms with Gasteiger partial charge in [0.1, 0.15) is 12.7 Å². The van der Waals surface area contributed by atoms with Crippen LogP contribution in [0.4, 0.5) is 0 Å². The SMILES string of the molecule is Cc1ccc2c(c1)O[C@H](CCc1ccc(S(=O)(=O)O)cc1)CO2. The molecule has 0 saturated heterocycles. The molecule has 0 spiro atoms. The van der Waals surface area contributed by atoms with Crippen LogP contribution in [0, 0.1) is 6.92 Å². The van der Waals surface area contributed by atoms with Crippen LogP contribution in [0.25, 0.3) is 0 Å². The van der Waals surface area contributed by atoms with Crippen molar-refractivity contribution < 1.29 is 22.4 Å². The molecule has 0 bridgehead atoms. The molecular weight excluding hydrogens is 316 g/mol. The van der Waals surface area contributed by atoms with Gasteiger partial charge >= 0.3 is 0 Å². The van der Waals surface area contributed by atoms with Crippen LogP contribution < -0.4 is 9.47 Å². The molecule has 6 heteroatoms. The van der Waals surface area contributed by atoms with Crippen molar-refractivity contribution in [2.45, 2.75) is 30.8 Å². The van der Waals surface area contributed by atoms with E-state index in [1.54, 1.807) is 12.1 Å². The largest absolute Gasteiger partial charge is 0.486 e. The van der Waals surface area contributed by atoms with Crippen LogP contribution >= 0.6 is 0 Å². The van der Waals surface area contributed by atoms with E-state index in [2.05, 4.69) is 0 Å². The Kier molecular flexibility index (Phi) is 4.28. The molecule has 0 amide bonds. The Morgan fingerprint density at radius 1 is 1.13 bits per heavy atom. The molecular formula is C17H18O5S. The molecule has 2 aromatic rings. The van der Waals surface area contributed by atoms with Crippen molar-refractivity contribution in [2.75, 3.05) is 6.61 Å². The van der Waals surface area contributed by atoms with Gasteiger partial charge in [-0.05, 0) is 55.2 Å². The summed E-state index contributed by atoms with van der Waals surface area (Å²) in [6, 6.07) is 12.1. The molecule has 0 aliphatic carbocycles. The van der Waals surface area contributed by atoms with Gasteiger partial charge in [0.15, 0.2) is 11.5 Å². The highest BCUT2D eigenvalue weighted by atomic mass is 32.2. The lowest BCUT2D eigenvalue weighted by Gasteiger charge is -2.26. The van der Waals surface area contributed by atoms with Crippen molar-refractivity contribution in [3.8, 4) is 11.5 Å². The standard InChI is InChI=1S/C17H18O5S/c1-12-2-9-16-17(10-12)22-14(11-21-16)6-3-13-4-7-15(8-5-13)23(18,19)20/h2,4-5,7-10,14H,3,6,11H2,1H3,(H,18,19,20)/t14-/m1/s1. The quantitative estimate of drug-likeness (QED) is 0.870. The summed E-state index contributed by atoms with van der Waals surface area (Å²) in [6.07, 6.45) is 1.46. The summed E-state index contributed by atoms with van der Waals surface area (Å²) in [4.78, 5) is -0.0945. The van der Waals surface area contributed by atoms with Crippen LogP contribution in [-0.4, -0.2) is 25.7 Å². The summed E-state index contributed by atoms with van der Waals surface area (Å²) in [7, 11) is -4.14. The lowest BCUT2D eigenvalue weighted by Crippen LogP contribution is -2.29. The molecule has 0 saturated carbocycles. The fourth-order valence-electron chi connectivity index (χ4n) is 2.52. The maximum atomic E-state index is 11.0. The van der Waals surface area contributed by atoms with Crippen LogP contribution in [0.1, 0.15) is 17.5 Å². The first-order valence-corrected chi connectivity index (χ1v) is 8.82. The van der Waals surface area contributed by atoms with Crippen LogP contribution in [0.2, 0.25) is 0 Å². The highest BCUT2D eigenvalue weighted by molar-refractivity contribution is 7.85. The van der Waals surface area contributed by atoms with E-state index in [0.29, 0.717) is 6.61 Å². The third kappa shape index (κ3) is 3.83. The minimum atomic E-state index is -4.14. The minimum absolute atomic E-state index is 0.0365. The van der Waals surface area contributed by atoms with Gasteiger partial charge < -0.3 is 9.47 Å². The minimum Gasteiger partial charge on any atom is -0.486 e. The zero-order chi connectivity index (χ0) is 16.4. The van der Waals surface area contributed by atoms with E-state index < -0.39 is 10.1 Å². The molecule has 1 heterocycles. The third-order valence-corrected chi connectivity index (χ3v) is 4.66. The molecule has 3 rings (SSSR count). The number of rotatable bonds is 4. The Bertz CT molecular complexity index is 796. The summed E-state index contributed by atoms with van der Waals surface area (Å²) >= 11 is 0. The zero-order valence-electron chi connectivity index (χ0n) is 12.7. The first-order valence-electron chi connectivity index (χ1n) is 7.38. The topological polar surface area (TPSA) is 72.8 Å². The molecule has 2 aromatic carbocycles. The van der Waals surface area contributed by atoms with Crippen LogP contribution in [0.3, 0.4) is 0 Å². The van der Waals surface area contributed by atoms with Gasteiger partial charge in [-0.1, -0.05) is 18.2 Å². The molecule has 0 aromatic heterocycles. The van der Waals surface area contributed by atoms with E-state index in [-0.39, 0.29) is 11.0 Å². The smallest absolute Gasteiger partial charge is 0.294 e. The molecule has 0 radical (unpaired) electrons. The van der Waals surface area contributed by atoms with Gasteiger partial charge in [-0.3, -0.25) is 4.55 Å². The second kappa shape index (κ2) is 6.22. The fraction of sp³-hybridized carbons (Fsp3) is 0.294. The summed E-state index contributed by atoms with van der Waals surface area (Å²) in [5.74, 6) is 1.53. The van der Waals surface area contributed by atoms with Gasteiger partial charge in [-0.15, -0.1) is 0 Å². The van der Waals surface area contributed by atoms with Crippen molar-refractivity contribution in [3.05, 3.63) is 53.6 Å². The summed E-state index contributed by atoms with van der Waals surface area (Å²) in [6.45, 7) is 2.50. The van der Waals surface area contributed by atoms with Crippen molar-refractivity contribution in [3.63, 3.8) is 0 Å². The molecule has 1 aliphatic heterocycles. The lowest BCUT2D eigenvalue weighted by atomic mass is 10.1. The Labute approximate surface area is 135 Å². The summed E-state index contributed by atoms with van der Waals surface area (Å²) in [5.41, 5.74) is 2.10. The van der Waals surface area contributed by atoms with Crippen molar-refractivity contribution >= 4 is 10.1 Å². The molecule has 23 heavy (non-hydrogen) atoms. The zero-order valence-corrected chi connectivity index (χ0v) is 13.5. The van der Waals surface area contributed by atoms with E-state index in [1.165, 1.54) is 12.1 Å². The number of ether oxygens (including phenoxy) is 2. The van der Waals surface area contributed by atoms with Gasteiger partial charge in [0.2, 0.25) is 0 Å². The van der Waals surface area contributed by atoms with Crippen LogP contribution in [-0.2, 0) is 16.5 Å². The number of hydrogen-bond acceptors (Lipinski definition) is 4. The summed E-state index contributed by atoms with van der Waals surface area (Å²) < 4.78 is 42.6. The highest BCUT2D eigenvalue weighted by Gasteiger charge is 2.20. The number of fused-ring (bicyclic) bond motifs is 1. The number of benzene rings is 2. The molecule has 1 atom stereocenters. The molecule has 122 valence electrons. The van der Waals surface area contributed by atoms with Crippen LogP contribution in [0.5, 0.6) is 11.5 Å². The Hall–Kier alpha value is -2.05. The van der Waals surface area contributed by atoms with Gasteiger partial charge in [0.25, 0.3) is 10.1 Å². The molecule has 0 fully saturated rings. The average Bonchev–Trinajstić information content (AvgIpc) is 2.52. The molecule has 1 N–H and O–H groups in total. The first-order chi connectivity index (χ1) is 10.9. The van der Waals surface area contributed by atoms with E-state index in [4.69, 9.17) is 14.0 Å². The number of aryl methyl sites for hydroxylation is 2. The predicted octanol–water partition coefficient (Wildman–Crippen LogP) is 3.01. The van der Waals surface area contributed by atoms with Gasteiger partial charge in [-0.2, -0.15) is 8.42 Å². The normalized spacial score (nSPS) is 17.0. The average molecular weight is 334 g/mol. The second-order valence-electron chi connectivity index (χ2n) is 5.66. The van der Waals surface area contributed by atoms with Crippen molar-refractivity contribution in [2.24, 2.45) is 0 Å². The van der Waals surface area contributed by atoms with Crippen molar-refractivity contribution in [1.82, 2.24) is 0 Å². The first kappa shape index (κ1) is 15.8. The van der Waals surface area contributed by atoms with E-state index >= 15 is 0 Å². The second-order valence-corrected chi connectivity index (χ2v) is 7.08. The summed E-state index contributed by atoms with van der Waals surface area (Å²) in [5, 5.41) is 0. The van der Waals surface area contributed by atoms with Gasteiger partial charge in [0, 0.05) is 0 Å². The highest BCUT2D eigenvalue weighted by Crippen LogP contribution is 2.33. The maximum absolute atomic E-state index is 11.0. The van der Waals surface area contributed by atoms with Gasteiger partial charge in [-0.25, -0.2) is 0 Å². The predicted molar refractivity (Wildman–Crippen MR) is 85.7 cm³/mol. The van der Waals surface area contributed by atoms with Gasteiger partial charge in [0.05, 0.1) is 4.90 Å². The maximum Gasteiger partial charge on any atom is 0.294 e. The Balaban J connectivity index is 1.61. The van der Waals surface area contributed by atoms with E-state index in [0.717, 1.165) is 35.5 Å². The lowest BCUT2D eigenvalue weighted by molar-refractivity contribution is 0.0850. The Morgan fingerprint density at radius 2 is 1.87 bits per heavy atom. The third-order valence-electron chi connectivity index (χ3n) is 3.79. The van der Waals surface area contributed by atoms with E-state index in [1.807, 2.05) is 25.1 Å². The molecule has 5 nitrogen and oxygen atoms in total. The number of hydrogen-bond donors (Lipinski definition) is 1. The van der Waals surface area contributed by atoms with Crippen LogP contribution in [0.15, 0.2) is 47.4 Å². The molecule has 0 unspecified atom stereocenters. The van der Waals surface area contributed by atoms with E-state index in [9.17, 15) is 8.42 Å². The molecule has 1 aliphatic rings. The fourth-order valence-corrected chi connectivity index (χ4v) is 3.00. The monoisotopic (exact) mass is 334 g/mol. The Morgan fingerprint density at radius 3 is 2.57 bits per heavy atom. The van der Waals surface area contributed by atoms with Crippen molar-refractivity contribution in [1.29, 1.82) is 0 Å².